The topological polar surface area (TPSA) is 39.1 Å². The maximum Gasteiger partial charge on any atom is 0.0992 e. The molecule has 0 aliphatic carbocycles. The van der Waals surface area contributed by atoms with E-state index in [1.165, 1.54) is 38.8 Å². The summed E-state index contributed by atoms with van der Waals surface area (Å²) in [7, 11) is 0. The van der Waals surface area contributed by atoms with Crippen LogP contribution in [-0.2, 0) is 0 Å². The van der Waals surface area contributed by atoms with Gasteiger partial charge in [-0.2, -0.15) is 5.26 Å². The highest BCUT2D eigenvalue weighted by Crippen LogP contribution is 2.30. The smallest absolute Gasteiger partial charge is 0.0992 e. The summed E-state index contributed by atoms with van der Waals surface area (Å²) in [5.41, 5.74) is 1.80. The lowest BCUT2D eigenvalue weighted by Gasteiger charge is -2.35. The number of nitriles is 1. The van der Waals surface area contributed by atoms with Gasteiger partial charge in [-0.25, -0.2) is 0 Å². The largest absolute Gasteiger partial charge is 0.381 e. The standard InChI is InChI=1S/C15H18BrN3/c16-14-8-11(10-17)3-4-15(14)18-12-5-7-19-6-1-2-13(19)9-12/h3-4,8,12-13,18H,1-2,5-7,9H2. The highest BCUT2D eigenvalue weighted by molar-refractivity contribution is 9.10. The van der Waals surface area contributed by atoms with Crippen molar-refractivity contribution in [2.45, 2.75) is 37.8 Å². The molecular weight excluding hydrogens is 302 g/mol. The van der Waals surface area contributed by atoms with Gasteiger partial charge in [-0.1, -0.05) is 0 Å². The Labute approximate surface area is 122 Å². The number of piperidine rings is 1. The molecule has 0 radical (unpaired) electrons. The molecule has 2 atom stereocenters. The van der Waals surface area contributed by atoms with E-state index in [1.807, 2.05) is 18.2 Å². The molecule has 0 aromatic heterocycles. The zero-order valence-electron chi connectivity index (χ0n) is 10.9. The van der Waals surface area contributed by atoms with E-state index in [2.05, 4.69) is 32.2 Å². The summed E-state index contributed by atoms with van der Waals surface area (Å²) in [6.07, 6.45) is 5.17. The van der Waals surface area contributed by atoms with Crippen molar-refractivity contribution in [1.82, 2.24) is 4.90 Å². The summed E-state index contributed by atoms with van der Waals surface area (Å²) < 4.78 is 0.986. The number of anilines is 1. The lowest BCUT2D eigenvalue weighted by atomic mass is 9.97. The molecule has 2 aliphatic rings. The number of hydrogen-bond donors (Lipinski definition) is 1. The molecule has 3 nitrogen and oxygen atoms in total. The number of hydrogen-bond acceptors (Lipinski definition) is 3. The van der Waals surface area contributed by atoms with Crippen LogP contribution in [0.5, 0.6) is 0 Å². The van der Waals surface area contributed by atoms with Gasteiger partial charge in [-0.15, -0.1) is 0 Å². The SMILES string of the molecule is N#Cc1ccc(NC2CCN3CCCC3C2)c(Br)c1. The van der Waals surface area contributed by atoms with Crippen LogP contribution in [0.1, 0.15) is 31.2 Å². The Morgan fingerprint density at radius 3 is 3.00 bits per heavy atom. The van der Waals surface area contributed by atoms with Crippen molar-refractivity contribution in [1.29, 1.82) is 5.26 Å². The minimum absolute atomic E-state index is 0.559. The summed E-state index contributed by atoms with van der Waals surface area (Å²) in [6.45, 7) is 2.51. The van der Waals surface area contributed by atoms with Gasteiger partial charge in [0.25, 0.3) is 0 Å². The fraction of sp³-hybridized carbons (Fsp3) is 0.533. The molecule has 3 rings (SSSR count). The lowest BCUT2D eigenvalue weighted by Crippen LogP contribution is -2.42. The van der Waals surface area contributed by atoms with E-state index in [0.717, 1.165) is 16.2 Å². The third-order valence-corrected chi connectivity index (χ3v) is 4.93. The number of rotatable bonds is 2. The Kier molecular flexibility index (Phi) is 3.76. The van der Waals surface area contributed by atoms with Crippen LogP contribution >= 0.6 is 15.9 Å². The monoisotopic (exact) mass is 319 g/mol. The van der Waals surface area contributed by atoms with E-state index < -0.39 is 0 Å². The van der Waals surface area contributed by atoms with Gasteiger partial charge in [0, 0.05) is 28.8 Å². The van der Waals surface area contributed by atoms with E-state index in [4.69, 9.17) is 5.26 Å². The molecule has 1 N–H and O–H groups in total. The number of halogens is 1. The third kappa shape index (κ3) is 2.77. The molecule has 100 valence electrons. The molecule has 1 aromatic carbocycles. The second kappa shape index (κ2) is 5.52. The number of nitrogens with zero attached hydrogens (tertiary/aromatic N) is 2. The number of benzene rings is 1. The minimum Gasteiger partial charge on any atom is -0.381 e. The van der Waals surface area contributed by atoms with Gasteiger partial charge >= 0.3 is 0 Å². The van der Waals surface area contributed by atoms with Crippen molar-refractivity contribution in [3.05, 3.63) is 28.2 Å². The first-order chi connectivity index (χ1) is 9.26. The summed E-state index contributed by atoms with van der Waals surface area (Å²) >= 11 is 3.55. The van der Waals surface area contributed by atoms with E-state index >= 15 is 0 Å². The van der Waals surface area contributed by atoms with Gasteiger partial charge < -0.3 is 10.2 Å². The van der Waals surface area contributed by atoms with Crippen LogP contribution in [0.3, 0.4) is 0 Å². The van der Waals surface area contributed by atoms with Crippen LogP contribution in [0.25, 0.3) is 0 Å². The van der Waals surface area contributed by atoms with Crippen molar-refractivity contribution >= 4 is 21.6 Å². The van der Waals surface area contributed by atoms with Gasteiger partial charge in [0.1, 0.15) is 0 Å². The van der Waals surface area contributed by atoms with Crippen LogP contribution < -0.4 is 5.32 Å². The molecule has 0 saturated carbocycles. The Morgan fingerprint density at radius 2 is 2.21 bits per heavy atom. The quantitative estimate of drug-likeness (QED) is 0.908. The van der Waals surface area contributed by atoms with E-state index in [0.29, 0.717) is 11.6 Å². The summed E-state index contributed by atoms with van der Waals surface area (Å²) in [6, 6.07) is 9.26. The van der Waals surface area contributed by atoms with Crippen molar-refractivity contribution in [2.75, 3.05) is 18.4 Å². The summed E-state index contributed by atoms with van der Waals surface area (Å²) in [4.78, 5) is 2.63. The lowest BCUT2D eigenvalue weighted by molar-refractivity contribution is 0.188. The van der Waals surface area contributed by atoms with E-state index in [9.17, 15) is 0 Å². The number of nitrogens with one attached hydrogen (secondary N) is 1. The van der Waals surface area contributed by atoms with Gasteiger partial charge in [-0.05, 0) is 66.4 Å². The second-order valence-corrected chi connectivity index (χ2v) is 6.36. The van der Waals surface area contributed by atoms with Crippen molar-refractivity contribution in [2.24, 2.45) is 0 Å². The first-order valence-electron chi connectivity index (χ1n) is 6.96. The maximum atomic E-state index is 8.88. The van der Waals surface area contributed by atoms with E-state index in [-0.39, 0.29) is 0 Å². The molecule has 2 unspecified atom stereocenters. The number of fused-ring (bicyclic) bond motifs is 1. The molecule has 2 heterocycles. The zero-order valence-corrected chi connectivity index (χ0v) is 12.5. The summed E-state index contributed by atoms with van der Waals surface area (Å²) in [5.74, 6) is 0. The molecule has 4 heteroatoms. The first-order valence-corrected chi connectivity index (χ1v) is 7.76. The fourth-order valence-electron chi connectivity index (χ4n) is 3.28. The molecular formula is C15H18BrN3. The Morgan fingerprint density at radius 1 is 1.32 bits per heavy atom. The molecule has 0 bridgehead atoms. The van der Waals surface area contributed by atoms with Crippen molar-refractivity contribution < 1.29 is 0 Å². The van der Waals surface area contributed by atoms with Crippen molar-refractivity contribution in [3.8, 4) is 6.07 Å². The first kappa shape index (κ1) is 13.0. The van der Waals surface area contributed by atoms with E-state index in [1.54, 1.807) is 0 Å². The molecule has 19 heavy (non-hydrogen) atoms. The predicted molar refractivity (Wildman–Crippen MR) is 80.1 cm³/mol. The zero-order chi connectivity index (χ0) is 13.2. The Balaban J connectivity index is 1.67. The molecule has 0 amide bonds. The molecule has 0 spiro atoms. The summed E-state index contributed by atoms with van der Waals surface area (Å²) in [5, 5.41) is 12.5. The van der Waals surface area contributed by atoms with Gasteiger partial charge in [0.15, 0.2) is 0 Å². The molecule has 2 fully saturated rings. The minimum atomic E-state index is 0.559. The maximum absolute atomic E-state index is 8.88. The van der Waals surface area contributed by atoms with Gasteiger partial charge in [0.05, 0.1) is 11.6 Å². The van der Waals surface area contributed by atoms with Gasteiger partial charge in [0.2, 0.25) is 0 Å². The predicted octanol–water partition coefficient (Wildman–Crippen LogP) is 3.36. The average molecular weight is 320 g/mol. The van der Waals surface area contributed by atoms with Crippen LogP contribution in [0.2, 0.25) is 0 Å². The van der Waals surface area contributed by atoms with Crippen LogP contribution in [0, 0.1) is 11.3 Å². The fourth-order valence-corrected chi connectivity index (χ4v) is 3.77. The molecule has 1 aromatic rings. The van der Waals surface area contributed by atoms with Crippen molar-refractivity contribution in [3.63, 3.8) is 0 Å². The van der Waals surface area contributed by atoms with Crippen LogP contribution in [0.15, 0.2) is 22.7 Å². The van der Waals surface area contributed by atoms with Gasteiger partial charge in [-0.3, -0.25) is 0 Å². The second-order valence-electron chi connectivity index (χ2n) is 5.50. The Bertz CT molecular complexity index is 509. The van der Waals surface area contributed by atoms with Crippen LogP contribution in [-0.4, -0.2) is 30.1 Å². The normalized spacial score (nSPS) is 26.7. The highest BCUT2D eigenvalue weighted by atomic mass is 79.9. The highest BCUT2D eigenvalue weighted by Gasteiger charge is 2.31. The Hall–Kier alpha value is -1.05. The molecule has 2 saturated heterocycles. The van der Waals surface area contributed by atoms with Crippen LogP contribution in [0.4, 0.5) is 5.69 Å². The average Bonchev–Trinajstić information content (AvgIpc) is 2.88. The third-order valence-electron chi connectivity index (χ3n) is 4.28. The molecule has 2 aliphatic heterocycles.